The molecule has 0 aliphatic heterocycles. The van der Waals surface area contributed by atoms with Crippen molar-refractivity contribution in [3.05, 3.63) is 91.6 Å². The standard InChI is InChI=1S/C22H14BrCl2N3O3/c23-14-7-5-13(6-8-14)21-26-18-4-2-1-3-16(18)22(30)28(21)27-20(29)12-31-19-10-9-15(24)11-17(19)25/h1-11H,12H2,(H,27,29). The van der Waals surface area contributed by atoms with Crippen molar-refractivity contribution in [1.29, 1.82) is 0 Å². The largest absolute Gasteiger partial charge is 0.482 e. The minimum atomic E-state index is -0.552. The Hall–Kier alpha value is -2.87. The third-order valence-corrected chi connectivity index (χ3v) is 5.43. The molecule has 0 bridgehead atoms. The van der Waals surface area contributed by atoms with Crippen LogP contribution in [0.25, 0.3) is 22.3 Å². The van der Waals surface area contributed by atoms with Crippen LogP contribution in [0.15, 0.2) is 76.0 Å². The lowest BCUT2D eigenvalue weighted by Crippen LogP contribution is -2.37. The number of hydrogen-bond acceptors (Lipinski definition) is 4. The molecule has 0 spiro atoms. The van der Waals surface area contributed by atoms with Crippen LogP contribution in [-0.2, 0) is 4.79 Å². The highest BCUT2D eigenvalue weighted by molar-refractivity contribution is 9.10. The molecule has 4 aromatic rings. The minimum absolute atomic E-state index is 0.278. The fourth-order valence-corrected chi connectivity index (χ4v) is 3.65. The number of hydrogen-bond donors (Lipinski definition) is 1. The molecule has 0 saturated carbocycles. The van der Waals surface area contributed by atoms with Gasteiger partial charge in [-0.3, -0.25) is 15.0 Å². The minimum Gasteiger partial charge on any atom is -0.482 e. The van der Waals surface area contributed by atoms with Crippen molar-refractivity contribution < 1.29 is 9.53 Å². The summed E-state index contributed by atoms with van der Waals surface area (Å²) in [5.74, 6) is 0.0518. The number of halogens is 3. The summed E-state index contributed by atoms with van der Waals surface area (Å²) in [4.78, 5) is 30.3. The van der Waals surface area contributed by atoms with Crippen molar-refractivity contribution in [2.75, 3.05) is 12.0 Å². The van der Waals surface area contributed by atoms with Crippen molar-refractivity contribution in [2.45, 2.75) is 0 Å². The van der Waals surface area contributed by atoms with Gasteiger partial charge < -0.3 is 4.74 Å². The van der Waals surface area contributed by atoms with E-state index in [1.165, 1.54) is 6.07 Å². The zero-order chi connectivity index (χ0) is 22.0. The fourth-order valence-electron chi connectivity index (χ4n) is 2.92. The monoisotopic (exact) mass is 517 g/mol. The first-order valence-electron chi connectivity index (χ1n) is 9.08. The molecule has 3 aromatic carbocycles. The van der Waals surface area contributed by atoms with Gasteiger partial charge in [0, 0.05) is 15.1 Å². The van der Waals surface area contributed by atoms with Crippen LogP contribution in [0.2, 0.25) is 10.0 Å². The highest BCUT2D eigenvalue weighted by atomic mass is 79.9. The first-order valence-corrected chi connectivity index (χ1v) is 10.6. The number of carbonyl (C=O) groups excluding carboxylic acids is 1. The topological polar surface area (TPSA) is 73.2 Å². The lowest BCUT2D eigenvalue weighted by atomic mass is 10.2. The molecule has 9 heteroatoms. The van der Waals surface area contributed by atoms with E-state index in [1.807, 2.05) is 12.1 Å². The maximum Gasteiger partial charge on any atom is 0.280 e. The summed E-state index contributed by atoms with van der Waals surface area (Å²) in [5.41, 5.74) is 3.37. The Labute approximate surface area is 195 Å². The molecule has 6 nitrogen and oxygen atoms in total. The summed E-state index contributed by atoms with van der Waals surface area (Å²) in [7, 11) is 0. The number of benzene rings is 3. The number of rotatable bonds is 5. The number of nitrogens with zero attached hydrogens (tertiary/aromatic N) is 2. The maximum atomic E-state index is 13.1. The molecule has 4 rings (SSSR count). The molecule has 0 aliphatic rings. The van der Waals surface area contributed by atoms with E-state index in [9.17, 15) is 9.59 Å². The number of nitrogens with one attached hydrogen (secondary N) is 1. The molecule has 0 unspecified atom stereocenters. The van der Waals surface area contributed by atoms with Crippen molar-refractivity contribution in [3.8, 4) is 17.1 Å². The molecule has 1 N–H and O–H groups in total. The summed E-state index contributed by atoms with van der Waals surface area (Å²) >= 11 is 15.3. The van der Waals surface area contributed by atoms with Crippen LogP contribution in [0.3, 0.4) is 0 Å². The Morgan fingerprint density at radius 3 is 2.55 bits per heavy atom. The highest BCUT2D eigenvalue weighted by Gasteiger charge is 2.16. The van der Waals surface area contributed by atoms with Crippen LogP contribution in [0, 0.1) is 0 Å². The van der Waals surface area contributed by atoms with Crippen molar-refractivity contribution in [2.24, 2.45) is 0 Å². The third-order valence-electron chi connectivity index (χ3n) is 4.37. The second kappa shape index (κ2) is 9.09. The van der Waals surface area contributed by atoms with Crippen molar-refractivity contribution in [1.82, 2.24) is 9.66 Å². The van der Waals surface area contributed by atoms with E-state index in [4.69, 9.17) is 27.9 Å². The molecular weight excluding hydrogens is 505 g/mol. The van der Waals surface area contributed by atoms with E-state index in [2.05, 4.69) is 26.3 Å². The van der Waals surface area contributed by atoms with Gasteiger partial charge in [-0.05, 0) is 42.5 Å². The molecule has 1 heterocycles. The van der Waals surface area contributed by atoms with Gasteiger partial charge in [0.1, 0.15) is 5.75 Å². The highest BCUT2D eigenvalue weighted by Crippen LogP contribution is 2.27. The van der Waals surface area contributed by atoms with Gasteiger partial charge in [-0.2, -0.15) is 4.68 Å². The van der Waals surface area contributed by atoms with Gasteiger partial charge in [0.15, 0.2) is 12.4 Å². The zero-order valence-electron chi connectivity index (χ0n) is 15.8. The summed E-state index contributed by atoms with van der Waals surface area (Å²) in [6, 6.07) is 18.9. The van der Waals surface area contributed by atoms with Crippen LogP contribution < -0.4 is 15.7 Å². The third kappa shape index (κ3) is 4.74. The van der Waals surface area contributed by atoms with Gasteiger partial charge in [0.05, 0.1) is 15.9 Å². The quantitative estimate of drug-likeness (QED) is 0.390. The van der Waals surface area contributed by atoms with Gasteiger partial charge >= 0.3 is 0 Å². The van der Waals surface area contributed by atoms with E-state index in [1.54, 1.807) is 48.5 Å². The molecular formula is C22H14BrCl2N3O3. The SMILES string of the molecule is O=C(COc1ccc(Cl)cc1Cl)Nn1c(-c2ccc(Br)cc2)nc2ccccc2c1=O. The predicted octanol–water partition coefficient (Wildman–Crippen LogP) is 5.28. The summed E-state index contributed by atoms with van der Waals surface area (Å²) in [6.45, 7) is -0.361. The molecule has 0 fully saturated rings. The first-order chi connectivity index (χ1) is 14.9. The van der Waals surface area contributed by atoms with E-state index in [0.717, 1.165) is 9.15 Å². The molecule has 0 saturated heterocycles. The second-order valence-electron chi connectivity index (χ2n) is 6.50. The van der Waals surface area contributed by atoms with Crippen LogP contribution in [0.1, 0.15) is 0 Å². The van der Waals surface area contributed by atoms with Crippen LogP contribution >= 0.6 is 39.1 Å². The lowest BCUT2D eigenvalue weighted by Gasteiger charge is -2.15. The van der Waals surface area contributed by atoms with Gasteiger partial charge in [0.25, 0.3) is 11.5 Å². The Kier molecular flexibility index (Phi) is 6.27. The van der Waals surface area contributed by atoms with Gasteiger partial charge in [-0.25, -0.2) is 4.98 Å². The van der Waals surface area contributed by atoms with E-state index in [-0.39, 0.29) is 11.6 Å². The molecule has 0 atom stereocenters. The average Bonchev–Trinajstić information content (AvgIpc) is 2.75. The Bertz CT molecular complexity index is 1340. The molecule has 31 heavy (non-hydrogen) atoms. The Balaban J connectivity index is 1.67. The fraction of sp³-hybridized carbons (Fsp3) is 0.0455. The Morgan fingerprint density at radius 1 is 1.06 bits per heavy atom. The summed E-state index contributed by atoms with van der Waals surface area (Å²) in [5, 5.41) is 1.11. The average molecular weight is 519 g/mol. The summed E-state index contributed by atoms with van der Waals surface area (Å²) < 4.78 is 7.47. The maximum absolute atomic E-state index is 13.1. The van der Waals surface area contributed by atoms with E-state index >= 15 is 0 Å². The normalized spacial score (nSPS) is 10.8. The Morgan fingerprint density at radius 2 is 1.81 bits per heavy atom. The molecule has 1 aromatic heterocycles. The van der Waals surface area contributed by atoms with Crippen molar-refractivity contribution >= 4 is 55.9 Å². The number of amides is 1. The second-order valence-corrected chi connectivity index (χ2v) is 8.26. The number of aromatic nitrogens is 2. The number of fused-ring (bicyclic) bond motifs is 1. The van der Waals surface area contributed by atoms with Gasteiger partial charge in [-0.1, -0.05) is 63.4 Å². The molecule has 156 valence electrons. The van der Waals surface area contributed by atoms with Gasteiger partial charge in [-0.15, -0.1) is 0 Å². The van der Waals surface area contributed by atoms with Crippen LogP contribution in [-0.4, -0.2) is 22.2 Å². The van der Waals surface area contributed by atoms with Crippen LogP contribution in [0.5, 0.6) is 5.75 Å². The smallest absolute Gasteiger partial charge is 0.280 e. The van der Waals surface area contributed by atoms with Crippen LogP contribution in [0.4, 0.5) is 0 Å². The van der Waals surface area contributed by atoms with Crippen molar-refractivity contribution in [3.63, 3.8) is 0 Å². The molecule has 0 aliphatic carbocycles. The zero-order valence-corrected chi connectivity index (χ0v) is 18.9. The predicted molar refractivity (Wildman–Crippen MR) is 125 cm³/mol. The lowest BCUT2D eigenvalue weighted by molar-refractivity contribution is -0.119. The number of para-hydroxylation sites is 1. The molecule has 0 radical (unpaired) electrons. The first kappa shape index (κ1) is 21.4. The number of carbonyl (C=O) groups is 1. The van der Waals surface area contributed by atoms with E-state index < -0.39 is 11.5 Å². The molecule has 1 amide bonds. The van der Waals surface area contributed by atoms with E-state index in [0.29, 0.717) is 33.1 Å². The number of ether oxygens (including phenoxy) is 1. The van der Waals surface area contributed by atoms with Gasteiger partial charge in [0.2, 0.25) is 0 Å². The summed E-state index contributed by atoms with van der Waals surface area (Å²) in [6.07, 6.45) is 0.